The molecule has 1 rings (SSSR count). The molecule has 0 aliphatic carbocycles. The first kappa shape index (κ1) is 9.01. The van der Waals surface area contributed by atoms with E-state index in [0.717, 1.165) is 13.2 Å². The topological polar surface area (TPSA) is 12.5 Å². The third-order valence-corrected chi connectivity index (χ3v) is 2.20. The second kappa shape index (κ2) is 4.73. The maximum Gasteiger partial charge on any atom is 0.0714 e. The Bertz CT molecular complexity index is 106. The largest absolute Gasteiger partial charge is 0.377 e. The highest BCUT2D eigenvalue weighted by Crippen LogP contribution is 2.10. The average Bonchev–Trinajstić information content (AvgIpc) is 2.37. The second-order valence-corrected chi connectivity index (χ2v) is 3.40. The van der Waals surface area contributed by atoms with Crippen molar-refractivity contribution in [3.63, 3.8) is 0 Å². The van der Waals surface area contributed by atoms with Crippen molar-refractivity contribution in [2.24, 2.45) is 0 Å². The molecule has 0 aromatic rings. The average molecular weight is 157 g/mol. The van der Waals surface area contributed by atoms with E-state index in [1.807, 2.05) is 0 Å². The number of hydrogen-bond donors (Lipinski definition) is 0. The molecule has 0 spiro atoms. The predicted molar refractivity (Wildman–Crippen MR) is 46.8 cm³/mol. The van der Waals surface area contributed by atoms with Gasteiger partial charge in [0.2, 0.25) is 0 Å². The maximum atomic E-state index is 5.67. The third-order valence-electron chi connectivity index (χ3n) is 2.20. The molecule has 1 heterocycles. The van der Waals surface area contributed by atoms with Gasteiger partial charge >= 0.3 is 0 Å². The molecule has 0 amide bonds. The molecular formula is C9H19NO. The lowest BCUT2D eigenvalue weighted by Gasteiger charge is -2.10. The van der Waals surface area contributed by atoms with E-state index in [4.69, 9.17) is 4.74 Å². The molecule has 1 atom stereocenters. The van der Waals surface area contributed by atoms with Gasteiger partial charge in [-0.25, -0.2) is 0 Å². The van der Waals surface area contributed by atoms with Crippen LogP contribution in [-0.4, -0.2) is 37.7 Å². The molecule has 2 nitrogen and oxygen atoms in total. The zero-order chi connectivity index (χ0) is 8.10. The summed E-state index contributed by atoms with van der Waals surface area (Å²) >= 11 is 0. The minimum Gasteiger partial charge on any atom is -0.377 e. The van der Waals surface area contributed by atoms with Gasteiger partial charge in [0.25, 0.3) is 0 Å². The summed E-state index contributed by atoms with van der Waals surface area (Å²) < 4.78 is 5.67. The maximum absolute atomic E-state index is 5.67. The van der Waals surface area contributed by atoms with Gasteiger partial charge in [-0.2, -0.15) is 0 Å². The fourth-order valence-electron chi connectivity index (χ4n) is 1.42. The lowest BCUT2D eigenvalue weighted by molar-refractivity contribution is 0.0590. The molecule has 0 aromatic heterocycles. The van der Waals surface area contributed by atoms with Crippen LogP contribution in [-0.2, 0) is 4.74 Å². The van der Waals surface area contributed by atoms with Gasteiger partial charge in [-0.15, -0.1) is 0 Å². The summed E-state index contributed by atoms with van der Waals surface area (Å²) in [4.78, 5) is 2.33. The minimum absolute atomic E-state index is 0.520. The fraction of sp³-hybridized carbons (Fsp3) is 1.00. The van der Waals surface area contributed by atoms with Crippen molar-refractivity contribution in [2.45, 2.75) is 32.3 Å². The Balaban J connectivity index is 1.99. The lowest BCUT2D eigenvalue weighted by Crippen LogP contribution is -2.19. The number of rotatable bonds is 4. The van der Waals surface area contributed by atoms with Crippen LogP contribution in [0, 0.1) is 0 Å². The van der Waals surface area contributed by atoms with E-state index in [-0.39, 0.29) is 0 Å². The van der Waals surface area contributed by atoms with Crippen LogP contribution in [0.2, 0.25) is 0 Å². The quantitative estimate of drug-likeness (QED) is 0.573. The number of nitrogens with zero attached hydrogens (tertiary/aromatic N) is 1. The Hall–Kier alpha value is -0.0800. The Morgan fingerprint density at radius 2 is 2.36 bits per heavy atom. The molecule has 0 N–H and O–H groups in total. The summed E-state index contributed by atoms with van der Waals surface area (Å²) in [7, 11) is 2.16. The molecule has 0 radical (unpaired) electrons. The van der Waals surface area contributed by atoms with Gasteiger partial charge in [-0.05, 0) is 19.9 Å². The number of likely N-dealkylation sites (tertiary alicyclic amines) is 1. The molecule has 1 aliphatic rings. The zero-order valence-corrected chi connectivity index (χ0v) is 7.68. The molecule has 0 aromatic carbocycles. The smallest absolute Gasteiger partial charge is 0.0714 e. The highest BCUT2D eigenvalue weighted by atomic mass is 16.5. The normalized spacial score (nSPS) is 26.2. The summed E-state index contributed by atoms with van der Waals surface area (Å²) in [6, 6.07) is 0. The molecule has 66 valence electrons. The van der Waals surface area contributed by atoms with E-state index < -0.39 is 0 Å². The van der Waals surface area contributed by atoms with E-state index in [1.54, 1.807) is 0 Å². The summed E-state index contributed by atoms with van der Waals surface area (Å²) in [5.74, 6) is 0. The van der Waals surface area contributed by atoms with Crippen molar-refractivity contribution in [1.82, 2.24) is 4.90 Å². The summed E-state index contributed by atoms with van der Waals surface area (Å²) in [5, 5.41) is 0. The number of hydrogen-bond acceptors (Lipinski definition) is 2. The molecule has 1 saturated heterocycles. The standard InChI is InChI=1S/C9H19NO/c1-3-4-7-11-9-5-6-10(2)8-9/h9H,3-8H2,1-2H3/t9-/m1/s1. The molecular weight excluding hydrogens is 138 g/mol. The second-order valence-electron chi connectivity index (χ2n) is 3.40. The van der Waals surface area contributed by atoms with Crippen LogP contribution in [0.1, 0.15) is 26.2 Å². The molecule has 1 fully saturated rings. The lowest BCUT2D eigenvalue weighted by atomic mass is 10.3. The molecule has 0 saturated carbocycles. The van der Waals surface area contributed by atoms with E-state index in [9.17, 15) is 0 Å². The van der Waals surface area contributed by atoms with Crippen LogP contribution in [0.5, 0.6) is 0 Å². The Labute approximate surface area is 69.5 Å². The van der Waals surface area contributed by atoms with Gasteiger partial charge in [0.1, 0.15) is 0 Å². The van der Waals surface area contributed by atoms with Crippen LogP contribution >= 0.6 is 0 Å². The van der Waals surface area contributed by atoms with E-state index in [1.165, 1.54) is 25.8 Å². The van der Waals surface area contributed by atoms with Gasteiger partial charge in [-0.3, -0.25) is 0 Å². The molecule has 1 aliphatic heterocycles. The van der Waals surface area contributed by atoms with Crippen molar-refractivity contribution < 1.29 is 4.74 Å². The monoisotopic (exact) mass is 157 g/mol. The van der Waals surface area contributed by atoms with Crippen LogP contribution in [0.3, 0.4) is 0 Å². The number of likely N-dealkylation sites (N-methyl/N-ethyl adjacent to an activating group) is 1. The van der Waals surface area contributed by atoms with Crippen molar-refractivity contribution in [3.05, 3.63) is 0 Å². The van der Waals surface area contributed by atoms with Crippen LogP contribution < -0.4 is 0 Å². The molecule has 0 bridgehead atoms. The molecule has 2 heteroatoms. The van der Waals surface area contributed by atoms with Crippen LogP contribution in [0.4, 0.5) is 0 Å². The van der Waals surface area contributed by atoms with Gasteiger partial charge in [0.15, 0.2) is 0 Å². The van der Waals surface area contributed by atoms with Crippen molar-refractivity contribution in [3.8, 4) is 0 Å². The van der Waals surface area contributed by atoms with Crippen molar-refractivity contribution in [1.29, 1.82) is 0 Å². The summed E-state index contributed by atoms with van der Waals surface area (Å²) in [6.07, 6.45) is 4.19. The number of ether oxygens (including phenoxy) is 1. The van der Waals surface area contributed by atoms with Crippen LogP contribution in [0.15, 0.2) is 0 Å². The van der Waals surface area contributed by atoms with Crippen molar-refractivity contribution >= 4 is 0 Å². The van der Waals surface area contributed by atoms with Gasteiger partial charge < -0.3 is 9.64 Å². The van der Waals surface area contributed by atoms with Gasteiger partial charge in [0, 0.05) is 19.7 Å². The molecule has 0 unspecified atom stereocenters. The first-order valence-electron chi connectivity index (χ1n) is 4.63. The summed E-state index contributed by atoms with van der Waals surface area (Å²) in [5.41, 5.74) is 0. The third kappa shape index (κ3) is 3.21. The number of unbranched alkanes of at least 4 members (excludes halogenated alkanes) is 1. The van der Waals surface area contributed by atoms with Gasteiger partial charge in [-0.1, -0.05) is 13.3 Å². The van der Waals surface area contributed by atoms with E-state index in [0.29, 0.717) is 6.10 Å². The fourth-order valence-corrected chi connectivity index (χ4v) is 1.42. The minimum atomic E-state index is 0.520. The van der Waals surface area contributed by atoms with Crippen LogP contribution in [0.25, 0.3) is 0 Å². The van der Waals surface area contributed by atoms with E-state index >= 15 is 0 Å². The Morgan fingerprint density at radius 3 is 2.91 bits per heavy atom. The van der Waals surface area contributed by atoms with Crippen molar-refractivity contribution in [2.75, 3.05) is 26.7 Å². The first-order chi connectivity index (χ1) is 5.33. The highest BCUT2D eigenvalue weighted by molar-refractivity contribution is 4.72. The Morgan fingerprint density at radius 1 is 1.55 bits per heavy atom. The highest BCUT2D eigenvalue weighted by Gasteiger charge is 2.18. The van der Waals surface area contributed by atoms with E-state index in [2.05, 4.69) is 18.9 Å². The summed E-state index contributed by atoms with van der Waals surface area (Å²) in [6.45, 7) is 5.49. The predicted octanol–water partition coefficient (Wildman–Crippen LogP) is 1.51. The van der Waals surface area contributed by atoms with Gasteiger partial charge in [0.05, 0.1) is 6.10 Å². The molecule has 11 heavy (non-hydrogen) atoms. The first-order valence-corrected chi connectivity index (χ1v) is 4.63. The Kier molecular flexibility index (Phi) is 3.87. The zero-order valence-electron chi connectivity index (χ0n) is 7.68. The SMILES string of the molecule is CCCCO[C@@H]1CCN(C)C1.